The van der Waals surface area contributed by atoms with E-state index in [1.54, 1.807) is 19.2 Å². The normalized spacial score (nSPS) is 21.2. The number of carbonyl (C=O) groups excluding carboxylic acids is 3. The van der Waals surface area contributed by atoms with E-state index in [0.29, 0.717) is 5.82 Å². The van der Waals surface area contributed by atoms with Gasteiger partial charge in [0.2, 0.25) is 23.7 Å². The van der Waals surface area contributed by atoms with E-state index in [-0.39, 0.29) is 48.5 Å². The van der Waals surface area contributed by atoms with E-state index in [9.17, 15) is 14.4 Å². The molecule has 1 aliphatic carbocycles. The molecule has 0 bridgehead atoms. The van der Waals surface area contributed by atoms with Crippen molar-refractivity contribution in [2.45, 2.75) is 32.1 Å². The standard InChI is InChI=1S/C20H23N5O4/c1-29-13-8-6-12(7-9-13)17-22-20(24-23-17)21-16(26)10-11-25-18(27)14-4-2-3-5-15(14)19(25)28/h6-9,14-15H,2-5,10-11H2,1H3,(H2,21,22,23,24,26)/t14-,15-/m1/s1. The fraction of sp³-hybridized carbons (Fsp3) is 0.450. The van der Waals surface area contributed by atoms with Gasteiger partial charge in [0.15, 0.2) is 5.82 Å². The lowest BCUT2D eigenvalue weighted by atomic mass is 9.81. The number of imide groups is 1. The van der Waals surface area contributed by atoms with E-state index in [2.05, 4.69) is 20.5 Å². The molecule has 1 aromatic heterocycles. The van der Waals surface area contributed by atoms with E-state index in [1.165, 1.54) is 4.90 Å². The average Bonchev–Trinajstić information content (AvgIpc) is 3.30. The van der Waals surface area contributed by atoms with Gasteiger partial charge in [-0.05, 0) is 37.1 Å². The van der Waals surface area contributed by atoms with Gasteiger partial charge >= 0.3 is 0 Å². The Labute approximate surface area is 167 Å². The number of H-pyrrole nitrogens is 1. The maximum Gasteiger partial charge on any atom is 0.249 e. The minimum Gasteiger partial charge on any atom is -0.497 e. The summed E-state index contributed by atoms with van der Waals surface area (Å²) < 4.78 is 5.12. The van der Waals surface area contributed by atoms with Crippen LogP contribution in [0.1, 0.15) is 32.1 Å². The van der Waals surface area contributed by atoms with Crippen molar-refractivity contribution >= 4 is 23.7 Å². The maximum absolute atomic E-state index is 12.5. The van der Waals surface area contributed by atoms with Gasteiger partial charge in [-0.3, -0.25) is 29.7 Å². The number of methoxy groups -OCH3 is 1. The minimum absolute atomic E-state index is 0.0172. The Hall–Kier alpha value is -3.23. The first-order chi connectivity index (χ1) is 14.1. The Morgan fingerprint density at radius 2 is 1.83 bits per heavy atom. The molecule has 152 valence electrons. The Morgan fingerprint density at radius 1 is 1.17 bits per heavy atom. The molecule has 2 aliphatic rings. The number of ether oxygens (including phenoxy) is 1. The van der Waals surface area contributed by atoms with Crippen LogP contribution in [0, 0.1) is 11.8 Å². The smallest absolute Gasteiger partial charge is 0.249 e. The van der Waals surface area contributed by atoms with Crippen molar-refractivity contribution in [3.63, 3.8) is 0 Å². The highest BCUT2D eigenvalue weighted by molar-refractivity contribution is 6.05. The fourth-order valence-corrected chi connectivity index (χ4v) is 4.05. The summed E-state index contributed by atoms with van der Waals surface area (Å²) in [4.78, 5) is 42.7. The molecule has 1 saturated heterocycles. The molecule has 2 heterocycles. The largest absolute Gasteiger partial charge is 0.497 e. The van der Waals surface area contributed by atoms with Crippen LogP contribution >= 0.6 is 0 Å². The van der Waals surface area contributed by atoms with Gasteiger partial charge in [0.1, 0.15) is 5.75 Å². The van der Waals surface area contributed by atoms with Crippen molar-refractivity contribution < 1.29 is 19.1 Å². The van der Waals surface area contributed by atoms with Crippen molar-refractivity contribution in [1.82, 2.24) is 20.1 Å². The zero-order valence-corrected chi connectivity index (χ0v) is 16.2. The van der Waals surface area contributed by atoms with Crippen LogP contribution in [0.5, 0.6) is 5.75 Å². The Balaban J connectivity index is 1.33. The summed E-state index contributed by atoms with van der Waals surface area (Å²) in [5.41, 5.74) is 0.801. The molecule has 0 radical (unpaired) electrons. The van der Waals surface area contributed by atoms with Gasteiger partial charge in [-0.25, -0.2) is 0 Å². The Kier molecular flexibility index (Phi) is 5.28. The number of fused-ring (bicyclic) bond motifs is 1. The number of hydrogen-bond acceptors (Lipinski definition) is 6. The number of amides is 3. The van der Waals surface area contributed by atoms with E-state index in [1.807, 2.05) is 12.1 Å². The number of hydrogen-bond donors (Lipinski definition) is 2. The van der Waals surface area contributed by atoms with Crippen LogP contribution < -0.4 is 10.1 Å². The Bertz CT molecular complexity index is 899. The van der Waals surface area contributed by atoms with Crippen LogP contribution in [0.3, 0.4) is 0 Å². The van der Waals surface area contributed by atoms with Crippen molar-refractivity contribution in [3.8, 4) is 17.1 Å². The predicted octanol–water partition coefficient (Wildman–Crippen LogP) is 1.98. The van der Waals surface area contributed by atoms with Crippen molar-refractivity contribution in [3.05, 3.63) is 24.3 Å². The number of aromatic amines is 1. The number of likely N-dealkylation sites (tertiary alicyclic amines) is 1. The van der Waals surface area contributed by atoms with Gasteiger partial charge in [0, 0.05) is 18.5 Å². The van der Waals surface area contributed by atoms with Gasteiger partial charge in [-0.1, -0.05) is 12.8 Å². The molecule has 2 fully saturated rings. The molecule has 1 aliphatic heterocycles. The van der Waals surface area contributed by atoms with Gasteiger partial charge in [-0.15, -0.1) is 5.10 Å². The Morgan fingerprint density at radius 3 is 2.45 bits per heavy atom. The molecule has 9 heteroatoms. The number of aromatic nitrogens is 3. The molecular weight excluding hydrogens is 374 g/mol. The molecule has 29 heavy (non-hydrogen) atoms. The molecule has 0 spiro atoms. The van der Waals surface area contributed by atoms with Crippen molar-refractivity contribution in [1.29, 1.82) is 0 Å². The van der Waals surface area contributed by atoms with Gasteiger partial charge < -0.3 is 4.74 Å². The monoisotopic (exact) mass is 397 g/mol. The molecule has 3 amide bonds. The maximum atomic E-state index is 12.5. The number of nitrogens with one attached hydrogen (secondary N) is 2. The van der Waals surface area contributed by atoms with Crippen molar-refractivity contribution in [2.24, 2.45) is 11.8 Å². The molecule has 2 aromatic rings. The lowest BCUT2D eigenvalue weighted by Gasteiger charge is -2.19. The van der Waals surface area contributed by atoms with E-state index in [4.69, 9.17) is 4.74 Å². The second kappa shape index (κ2) is 8.02. The fourth-order valence-electron chi connectivity index (χ4n) is 4.05. The third-order valence-electron chi connectivity index (χ3n) is 5.59. The van der Waals surface area contributed by atoms with E-state index in [0.717, 1.165) is 37.0 Å². The zero-order chi connectivity index (χ0) is 20.4. The minimum atomic E-state index is -0.347. The molecule has 1 aromatic carbocycles. The van der Waals surface area contributed by atoms with Crippen LogP contribution in [-0.4, -0.2) is 51.5 Å². The third kappa shape index (κ3) is 3.85. The summed E-state index contributed by atoms with van der Waals surface area (Å²) in [6, 6.07) is 7.26. The van der Waals surface area contributed by atoms with Crippen LogP contribution in [0.15, 0.2) is 24.3 Å². The second-order valence-electron chi connectivity index (χ2n) is 7.36. The summed E-state index contributed by atoms with van der Waals surface area (Å²) in [6.07, 6.45) is 3.52. The van der Waals surface area contributed by atoms with Crippen LogP contribution in [0.4, 0.5) is 5.95 Å². The van der Waals surface area contributed by atoms with Crippen LogP contribution in [-0.2, 0) is 14.4 Å². The van der Waals surface area contributed by atoms with E-state index < -0.39 is 0 Å². The average molecular weight is 397 g/mol. The quantitative estimate of drug-likeness (QED) is 0.720. The number of rotatable bonds is 6. The summed E-state index contributed by atoms with van der Waals surface area (Å²) in [5.74, 6) is 0.386. The highest BCUT2D eigenvalue weighted by Gasteiger charge is 2.47. The number of carbonyl (C=O) groups is 3. The van der Waals surface area contributed by atoms with Gasteiger partial charge in [0.25, 0.3) is 0 Å². The number of nitrogens with zero attached hydrogens (tertiary/aromatic N) is 3. The predicted molar refractivity (Wildman–Crippen MR) is 104 cm³/mol. The van der Waals surface area contributed by atoms with Crippen LogP contribution in [0.2, 0.25) is 0 Å². The molecule has 1 saturated carbocycles. The highest BCUT2D eigenvalue weighted by Crippen LogP contribution is 2.37. The topological polar surface area (TPSA) is 117 Å². The summed E-state index contributed by atoms with van der Waals surface area (Å²) in [7, 11) is 1.59. The zero-order valence-electron chi connectivity index (χ0n) is 16.2. The molecule has 0 unspecified atom stereocenters. The highest BCUT2D eigenvalue weighted by atomic mass is 16.5. The van der Waals surface area contributed by atoms with E-state index >= 15 is 0 Å². The van der Waals surface area contributed by atoms with Crippen LogP contribution in [0.25, 0.3) is 11.4 Å². The summed E-state index contributed by atoms with van der Waals surface area (Å²) in [5, 5.41) is 9.38. The van der Waals surface area contributed by atoms with Crippen molar-refractivity contribution in [2.75, 3.05) is 19.0 Å². The first kappa shape index (κ1) is 19.1. The number of anilines is 1. The second-order valence-corrected chi connectivity index (χ2v) is 7.36. The lowest BCUT2D eigenvalue weighted by Crippen LogP contribution is -2.34. The van der Waals surface area contributed by atoms with Gasteiger partial charge in [0.05, 0.1) is 18.9 Å². The molecule has 2 atom stereocenters. The molecule has 4 rings (SSSR count). The number of benzene rings is 1. The summed E-state index contributed by atoms with van der Waals surface area (Å²) in [6.45, 7) is 0.0895. The van der Waals surface area contributed by atoms with Gasteiger partial charge in [-0.2, -0.15) is 4.98 Å². The third-order valence-corrected chi connectivity index (χ3v) is 5.59. The molecule has 9 nitrogen and oxygen atoms in total. The first-order valence-electron chi connectivity index (χ1n) is 9.78. The molecule has 2 N–H and O–H groups in total. The SMILES string of the molecule is COc1ccc(-c2nc(NC(=O)CCN3C(=O)[C@@H]4CCCC[C@H]4C3=O)n[nH]2)cc1. The summed E-state index contributed by atoms with van der Waals surface area (Å²) >= 11 is 0. The lowest BCUT2D eigenvalue weighted by molar-refractivity contribution is -0.140. The molecular formula is C20H23N5O4. The first-order valence-corrected chi connectivity index (χ1v) is 9.78.